The topological polar surface area (TPSA) is 116 Å². The average molecular weight is 336 g/mol. The number of hydrogen-bond donors (Lipinski definition) is 0. The molecule has 0 radical (unpaired) electrons. The maximum atomic E-state index is 12.7. The van der Waals surface area contributed by atoms with E-state index in [1.807, 2.05) is 0 Å². The van der Waals surface area contributed by atoms with E-state index < -0.39 is 26.9 Å². The first-order valence-electron chi connectivity index (χ1n) is 7.19. The maximum absolute atomic E-state index is 12.7. The molecular formula is C17H8N2O6. The molecule has 0 saturated carbocycles. The Kier molecular flexibility index (Phi) is 2.78. The molecule has 0 N–H and O–H groups in total. The predicted octanol–water partition coefficient (Wildman–Crippen LogP) is 0.709. The van der Waals surface area contributed by atoms with Crippen molar-refractivity contribution in [2.24, 2.45) is 7.05 Å². The van der Waals surface area contributed by atoms with Gasteiger partial charge in [0.15, 0.2) is 10.9 Å². The van der Waals surface area contributed by atoms with Gasteiger partial charge >= 0.3 is 0 Å². The molecule has 122 valence electrons. The van der Waals surface area contributed by atoms with Crippen LogP contribution in [-0.4, -0.2) is 9.49 Å². The van der Waals surface area contributed by atoms with E-state index in [9.17, 15) is 29.3 Å². The number of benzene rings is 3. The minimum atomic E-state index is -0.659. The van der Waals surface area contributed by atoms with Crippen molar-refractivity contribution in [2.75, 3.05) is 0 Å². The van der Waals surface area contributed by atoms with Gasteiger partial charge in [-0.3, -0.25) is 33.9 Å². The monoisotopic (exact) mass is 336 g/mol. The lowest BCUT2D eigenvalue weighted by molar-refractivity contribution is -0.384. The second kappa shape index (κ2) is 4.67. The number of rotatable bonds is 1. The van der Waals surface area contributed by atoms with E-state index in [1.165, 1.54) is 25.2 Å². The minimum absolute atomic E-state index is 0.0153. The normalized spacial score (nSPS) is 11.6. The molecule has 0 saturated heterocycles. The van der Waals surface area contributed by atoms with Crippen molar-refractivity contribution in [3.63, 3.8) is 0 Å². The van der Waals surface area contributed by atoms with Crippen LogP contribution in [0.25, 0.3) is 32.3 Å². The summed E-state index contributed by atoms with van der Waals surface area (Å²) in [6.45, 7) is 0. The van der Waals surface area contributed by atoms with Crippen molar-refractivity contribution in [1.29, 1.82) is 0 Å². The number of fused-ring (bicyclic) bond motifs is 3. The Hall–Kier alpha value is -3.68. The van der Waals surface area contributed by atoms with E-state index in [-0.39, 0.29) is 38.0 Å². The number of aromatic nitrogens is 1. The fourth-order valence-corrected chi connectivity index (χ4v) is 3.10. The summed E-state index contributed by atoms with van der Waals surface area (Å²) in [5, 5.41) is 11.0. The maximum Gasteiger partial charge on any atom is 0.270 e. The van der Waals surface area contributed by atoms with Gasteiger partial charge < -0.3 is 0 Å². The van der Waals surface area contributed by atoms with E-state index in [2.05, 4.69) is 0 Å². The first-order valence-corrected chi connectivity index (χ1v) is 7.19. The minimum Gasteiger partial charge on any atom is -0.289 e. The van der Waals surface area contributed by atoms with Crippen LogP contribution < -0.4 is 22.0 Å². The SMILES string of the molecule is Cn1c(=O)c2cc3c(=O)c4ccc([N+](=O)[O-])cc4c(=O)c3cc2c1=O. The fourth-order valence-electron chi connectivity index (χ4n) is 3.10. The molecule has 0 amide bonds. The summed E-state index contributed by atoms with van der Waals surface area (Å²) in [6.07, 6.45) is 0. The van der Waals surface area contributed by atoms with Gasteiger partial charge in [0.05, 0.1) is 15.7 Å². The van der Waals surface area contributed by atoms with E-state index in [0.29, 0.717) is 0 Å². The van der Waals surface area contributed by atoms with Crippen LogP contribution in [0.15, 0.2) is 49.5 Å². The summed E-state index contributed by atoms with van der Waals surface area (Å²) in [5.41, 5.74) is -2.52. The average Bonchev–Trinajstić information content (AvgIpc) is 2.82. The standard InChI is InChI=1S/C17H8N2O6/c1-18-16(22)12-5-10-11(6-13(12)17(18)23)15(21)9-4-7(19(24)25)2-3-8(9)14(10)20/h2-6H,1H3. The highest BCUT2D eigenvalue weighted by atomic mass is 16.6. The Morgan fingerprint density at radius 1 is 0.760 bits per heavy atom. The highest BCUT2D eigenvalue weighted by Gasteiger charge is 2.18. The second-order valence-electron chi connectivity index (χ2n) is 5.76. The molecule has 0 fully saturated rings. The number of non-ortho nitro benzene ring substituents is 1. The molecule has 25 heavy (non-hydrogen) atoms. The van der Waals surface area contributed by atoms with Crippen LogP contribution in [-0.2, 0) is 7.05 Å². The molecule has 4 aromatic rings. The second-order valence-corrected chi connectivity index (χ2v) is 5.76. The zero-order valence-electron chi connectivity index (χ0n) is 12.7. The van der Waals surface area contributed by atoms with Crippen LogP contribution in [0.5, 0.6) is 0 Å². The van der Waals surface area contributed by atoms with Crippen LogP contribution in [0.4, 0.5) is 5.69 Å². The first kappa shape index (κ1) is 14.9. The molecule has 0 atom stereocenters. The fraction of sp³-hybridized carbons (Fsp3) is 0.0588. The summed E-state index contributed by atoms with van der Waals surface area (Å²) >= 11 is 0. The Balaban J connectivity index is 2.32. The van der Waals surface area contributed by atoms with Crippen molar-refractivity contribution < 1.29 is 4.92 Å². The highest BCUT2D eigenvalue weighted by Crippen LogP contribution is 2.21. The van der Waals surface area contributed by atoms with Crippen LogP contribution in [0.1, 0.15) is 0 Å². The molecule has 0 aliphatic rings. The number of hydrogen-bond acceptors (Lipinski definition) is 6. The molecule has 4 rings (SSSR count). The molecule has 0 bridgehead atoms. The summed E-state index contributed by atoms with van der Waals surface area (Å²) < 4.78 is 0.906. The van der Waals surface area contributed by atoms with Gasteiger partial charge in [0.25, 0.3) is 16.8 Å². The van der Waals surface area contributed by atoms with Gasteiger partial charge in [0, 0.05) is 40.7 Å². The predicted molar refractivity (Wildman–Crippen MR) is 92.0 cm³/mol. The van der Waals surface area contributed by atoms with Crippen molar-refractivity contribution in [1.82, 2.24) is 4.57 Å². The number of nitro groups is 1. The molecule has 8 nitrogen and oxygen atoms in total. The van der Waals surface area contributed by atoms with Gasteiger partial charge in [0.2, 0.25) is 0 Å². The van der Waals surface area contributed by atoms with E-state index >= 15 is 0 Å². The lowest BCUT2D eigenvalue weighted by Crippen LogP contribution is -2.20. The Morgan fingerprint density at radius 2 is 1.24 bits per heavy atom. The molecular weight excluding hydrogens is 328 g/mol. The summed E-state index contributed by atoms with van der Waals surface area (Å²) in [6, 6.07) is 5.88. The molecule has 1 heterocycles. The molecule has 0 spiro atoms. The third kappa shape index (κ3) is 1.81. The van der Waals surface area contributed by atoms with Gasteiger partial charge in [-0.15, -0.1) is 0 Å². The largest absolute Gasteiger partial charge is 0.289 e. The molecule has 8 heteroatoms. The number of nitrogens with zero attached hydrogens (tertiary/aromatic N) is 2. The zero-order valence-corrected chi connectivity index (χ0v) is 12.7. The third-order valence-corrected chi connectivity index (χ3v) is 4.42. The summed E-state index contributed by atoms with van der Waals surface area (Å²) in [7, 11) is 1.31. The van der Waals surface area contributed by atoms with Crippen molar-refractivity contribution in [2.45, 2.75) is 0 Å². The van der Waals surface area contributed by atoms with E-state index in [1.54, 1.807) is 0 Å². The highest BCUT2D eigenvalue weighted by molar-refractivity contribution is 6.04. The van der Waals surface area contributed by atoms with Gasteiger partial charge in [-0.2, -0.15) is 0 Å². The van der Waals surface area contributed by atoms with Crippen LogP contribution in [0.3, 0.4) is 0 Å². The Morgan fingerprint density at radius 3 is 1.76 bits per heavy atom. The lowest BCUT2D eigenvalue weighted by Gasteiger charge is -2.01. The molecule has 3 aromatic carbocycles. The van der Waals surface area contributed by atoms with Gasteiger partial charge in [0.1, 0.15) is 0 Å². The zero-order chi connectivity index (χ0) is 18.0. The molecule has 0 unspecified atom stereocenters. The van der Waals surface area contributed by atoms with Crippen molar-refractivity contribution in [3.05, 3.63) is 81.6 Å². The van der Waals surface area contributed by atoms with E-state index in [0.717, 1.165) is 16.7 Å². The van der Waals surface area contributed by atoms with Crippen molar-refractivity contribution in [3.8, 4) is 0 Å². The quantitative estimate of drug-likeness (QED) is 0.287. The lowest BCUT2D eigenvalue weighted by atomic mass is 10.00. The van der Waals surface area contributed by atoms with Crippen LogP contribution in [0.2, 0.25) is 0 Å². The molecule has 0 aliphatic carbocycles. The van der Waals surface area contributed by atoms with Gasteiger partial charge in [-0.25, -0.2) is 0 Å². The smallest absolute Gasteiger partial charge is 0.270 e. The Labute approximate surface area is 137 Å². The molecule has 1 aromatic heterocycles. The van der Waals surface area contributed by atoms with Crippen LogP contribution in [0, 0.1) is 10.1 Å². The van der Waals surface area contributed by atoms with Gasteiger partial charge in [-0.1, -0.05) is 0 Å². The number of nitro benzene ring substituents is 1. The van der Waals surface area contributed by atoms with Gasteiger partial charge in [-0.05, 0) is 18.2 Å². The Bertz CT molecular complexity index is 1460. The van der Waals surface area contributed by atoms with E-state index in [4.69, 9.17) is 0 Å². The third-order valence-electron chi connectivity index (χ3n) is 4.42. The summed E-state index contributed by atoms with van der Waals surface area (Å²) in [5.74, 6) is 0. The molecule has 0 aliphatic heterocycles. The summed E-state index contributed by atoms with van der Waals surface area (Å²) in [4.78, 5) is 59.8. The van der Waals surface area contributed by atoms with Crippen molar-refractivity contribution >= 4 is 38.0 Å². The first-order chi connectivity index (χ1) is 11.8. The van der Waals surface area contributed by atoms with Crippen LogP contribution >= 0.6 is 0 Å².